The topological polar surface area (TPSA) is 89.0 Å². The zero-order valence-corrected chi connectivity index (χ0v) is 26.0. The van der Waals surface area contributed by atoms with Gasteiger partial charge in [0.05, 0.1) is 23.7 Å². The minimum atomic E-state index is -5.09. The van der Waals surface area contributed by atoms with Crippen LogP contribution in [0, 0.1) is 6.92 Å². The van der Waals surface area contributed by atoms with Crippen molar-refractivity contribution in [3.63, 3.8) is 0 Å². The molecule has 4 aromatic rings. The molecule has 0 N–H and O–H groups in total. The summed E-state index contributed by atoms with van der Waals surface area (Å²) in [6, 6.07) is 4.05. The van der Waals surface area contributed by atoms with Crippen molar-refractivity contribution in [2.45, 2.75) is 76.7 Å². The Balaban J connectivity index is 1.52. The number of nitrogens with zero attached hydrogens (tertiary/aromatic N) is 8. The normalized spacial score (nSPS) is 16.0. The maximum atomic E-state index is 14.0. The highest BCUT2D eigenvalue weighted by molar-refractivity contribution is 5.42. The first-order valence-corrected chi connectivity index (χ1v) is 14.9. The molecule has 1 saturated heterocycles. The van der Waals surface area contributed by atoms with Crippen molar-refractivity contribution >= 4 is 5.95 Å². The minimum Gasteiger partial charge on any atom is -0.425 e. The molecule has 1 unspecified atom stereocenters. The summed E-state index contributed by atoms with van der Waals surface area (Å²) in [6.45, 7) is 3.71. The van der Waals surface area contributed by atoms with Crippen LogP contribution in [0.2, 0.25) is 0 Å². The number of aromatic nitrogens is 6. The first-order chi connectivity index (χ1) is 22.4. The van der Waals surface area contributed by atoms with Crippen LogP contribution >= 0.6 is 0 Å². The standard InChI is InChI=1S/C30H31F9N8O/c1-4-25(46-9-7-19(8-10-46)26-41-40-17(2)48-26)24-6-5-21(28(31,32)33)13-20(24)16-47(27-42-44-45(3)43-27)15-18-11-22(29(34,35)36)14-23(12-18)30(37,38)39/h5-6,11-14,19,25H,4,7-10,15-16H2,1-3H3. The van der Waals surface area contributed by atoms with Crippen molar-refractivity contribution in [3.05, 3.63) is 81.6 Å². The van der Waals surface area contributed by atoms with Crippen LogP contribution in [0.15, 0.2) is 40.8 Å². The summed E-state index contributed by atoms with van der Waals surface area (Å²) < 4.78 is 129. The van der Waals surface area contributed by atoms with E-state index < -0.39 is 47.3 Å². The van der Waals surface area contributed by atoms with Crippen LogP contribution in [0.5, 0.6) is 0 Å². The molecule has 2 aromatic heterocycles. The van der Waals surface area contributed by atoms with E-state index in [2.05, 4.69) is 30.5 Å². The Morgan fingerprint density at radius 3 is 1.96 bits per heavy atom. The lowest BCUT2D eigenvalue weighted by Gasteiger charge is -2.38. The molecule has 0 radical (unpaired) electrons. The van der Waals surface area contributed by atoms with Gasteiger partial charge in [0.1, 0.15) is 0 Å². The summed E-state index contributed by atoms with van der Waals surface area (Å²) in [7, 11) is 1.39. The molecule has 1 aliphatic rings. The molecular weight excluding hydrogens is 659 g/mol. The fourth-order valence-electron chi connectivity index (χ4n) is 5.99. The molecule has 9 nitrogen and oxygen atoms in total. The summed E-state index contributed by atoms with van der Waals surface area (Å²) in [5.74, 6) is 0.774. The van der Waals surface area contributed by atoms with E-state index in [4.69, 9.17) is 4.42 Å². The van der Waals surface area contributed by atoms with Crippen LogP contribution in [0.3, 0.4) is 0 Å². The van der Waals surface area contributed by atoms with Crippen molar-refractivity contribution in [2.75, 3.05) is 18.0 Å². The Morgan fingerprint density at radius 2 is 1.46 bits per heavy atom. The van der Waals surface area contributed by atoms with E-state index in [9.17, 15) is 39.5 Å². The van der Waals surface area contributed by atoms with Crippen LogP contribution < -0.4 is 4.90 Å². The second-order valence-electron chi connectivity index (χ2n) is 11.7. The molecule has 5 rings (SSSR count). The van der Waals surface area contributed by atoms with Crippen LogP contribution in [-0.4, -0.2) is 48.4 Å². The van der Waals surface area contributed by atoms with Gasteiger partial charge < -0.3 is 9.32 Å². The van der Waals surface area contributed by atoms with Gasteiger partial charge in [-0.2, -0.15) is 44.3 Å². The van der Waals surface area contributed by atoms with Crippen molar-refractivity contribution in [2.24, 2.45) is 7.05 Å². The zero-order valence-electron chi connectivity index (χ0n) is 26.0. The molecule has 0 spiro atoms. The van der Waals surface area contributed by atoms with Crippen molar-refractivity contribution < 1.29 is 43.9 Å². The highest BCUT2D eigenvalue weighted by Gasteiger charge is 2.38. The Labute approximate surface area is 268 Å². The van der Waals surface area contributed by atoms with Gasteiger partial charge in [-0.25, -0.2) is 0 Å². The van der Waals surface area contributed by atoms with E-state index in [1.165, 1.54) is 18.0 Å². The second-order valence-corrected chi connectivity index (χ2v) is 11.7. The first kappa shape index (κ1) is 35.1. The molecule has 48 heavy (non-hydrogen) atoms. The number of rotatable bonds is 9. The fraction of sp³-hybridized carbons (Fsp3) is 0.500. The molecule has 260 valence electrons. The fourth-order valence-corrected chi connectivity index (χ4v) is 5.99. The van der Waals surface area contributed by atoms with E-state index in [1.807, 2.05) is 6.92 Å². The summed E-state index contributed by atoms with van der Waals surface area (Å²) in [6.07, 6.45) is -13.1. The average Bonchev–Trinajstić information content (AvgIpc) is 3.64. The number of halogens is 9. The summed E-state index contributed by atoms with van der Waals surface area (Å²) >= 11 is 0. The Hall–Kier alpha value is -4.22. The van der Waals surface area contributed by atoms with Gasteiger partial charge in [0, 0.05) is 32.0 Å². The molecule has 1 fully saturated rings. The number of alkyl halides is 9. The number of anilines is 1. The lowest BCUT2D eigenvalue weighted by molar-refractivity contribution is -0.143. The number of benzene rings is 2. The van der Waals surface area contributed by atoms with Gasteiger partial charge in [-0.1, -0.05) is 18.1 Å². The largest absolute Gasteiger partial charge is 0.425 e. The third-order valence-corrected chi connectivity index (χ3v) is 8.24. The van der Waals surface area contributed by atoms with Crippen molar-refractivity contribution in [3.8, 4) is 0 Å². The highest BCUT2D eigenvalue weighted by Crippen LogP contribution is 2.39. The molecule has 1 atom stereocenters. The number of tetrazole rings is 1. The van der Waals surface area contributed by atoms with Gasteiger partial charge in [-0.3, -0.25) is 4.90 Å². The smallest absolute Gasteiger partial charge is 0.416 e. The third kappa shape index (κ3) is 8.07. The van der Waals surface area contributed by atoms with Crippen LogP contribution in [0.25, 0.3) is 0 Å². The average molecular weight is 691 g/mol. The molecular formula is C30H31F9N8O. The summed E-state index contributed by atoms with van der Waals surface area (Å²) in [5, 5.41) is 19.7. The molecule has 3 heterocycles. The Morgan fingerprint density at radius 1 is 0.833 bits per heavy atom. The number of hydrogen-bond donors (Lipinski definition) is 0. The number of likely N-dealkylation sites (tertiary alicyclic amines) is 1. The molecule has 0 aliphatic carbocycles. The van der Waals surface area contributed by atoms with Gasteiger partial charge in [-0.15, -0.1) is 15.3 Å². The molecule has 2 aromatic carbocycles. The van der Waals surface area contributed by atoms with Gasteiger partial charge in [0.25, 0.3) is 5.95 Å². The molecule has 0 bridgehead atoms. The van der Waals surface area contributed by atoms with Gasteiger partial charge in [-0.05, 0) is 84.6 Å². The quantitative estimate of drug-likeness (QED) is 0.167. The van der Waals surface area contributed by atoms with Gasteiger partial charge in [0.2, 0.25) is 11.8 Å². The van der Waals surface area contributed by atoms with Crippen LogP contribution in [0.1, 0.15) is 83.3 Å². The van der Waals surface area contributed by atoms with E-state index in [0.717, 1.165) is 16.9 Å². The van der Waals surface area contributed by atoms with E-state index >= 15 is 0 Å². The zero-order chi connectivity index (χ0) is 35.0. The second kappa shape index (κ2) is 13.4. The lowest BCUT2D eigenvalue weighted by atomic mass is 9.90. The monoisotopic (exact) mass is 690 g/mol. The van der Waals surface area contributed by atoms with Gasteiger partial charge in [0.15, 0.2) is 0 Å². The third-order valence-electron chi connectivity index (χ3n) is 8.24. The highest BCUT2D eigenvalue weighted by atomic mass is 19.4. The number of hydrogen-bond acceptors (Lipinski definition) is 8. The maximum Gasteiger partial charge on any atom is 0.416 e. The Kier molecular flexibility index (Phi) is 9.76. The van der Waals surface area contributed by atoms with Gasteiger partial charge >= 0.3 is 18.5 Å². The van der Waals surface area contributed by atoms with Crippen molar-refractivity contribution in [1.82, 2.24) is 35.3 Å². The van der Waals surface area contributed by atoms with E-state index in [0.29, 0.717) is 61.8 Å². The number of aryl methyl sites for hydroxylation is 2. The summed E-state index contributed by atoms with van der Waals surface area (Å²) in [5.41, 5.74) is -3.74. The van der Waals surface area contributed by atoms with E-state index in [1.54, 1.807) is 6.92 Å². The predicted molar refractivity (Wildman–Crippen MR) is 152 cm³/mol. The first-order valence-electron chi connectivity index (χ1n) is 14.9. The number of piperidine rings is 1. The molecule has 0 saturated carbocycles. The molecule has 1 aliphatic heterocycles. The SMILES string of the molecule is CCC(c1ccc(C(F)(F)F)cc1CN(Cc1cc(C(F)(F)F)cc(C(F)(F)F)c1)c1nnn(C)n1)N1CCC(c2nnc(C)o2)CC1. The lowest BCUT2D eigenvalue weighted by Crippen LogP contribution is -2.37. The minimum absolute atomic E-state index is 0.00790. The summed E-state index contributed by atoms with van der Waals surface area (Å²) in [4.78, 5) is 4.35. The molecule has 0 amide bonds. The Bertz CT molecular complexity index is 1670. The van der Waals surface area contributed by atoms with E-state index in [-0.39, 0.29) is 36.1 Å². The maximum absolute atomic E-state index is 14.0. The van der Waals surface area contributed by atoms with Crippen LogP contribution in [0.4, 0.5) is 45.5 Å². The molecule has 18 heteroatoms. The van der Waals surface area contributed by atoms with Crippen LogP contribution in [-0.2, 0) is 38.7 Å². The van der Waals surface area contributed by atoms with Crippen molar-refractivity contribution in [1.29, 1.82) is 0 Å². The predicted octanol–water partition coefficient (Wildman–Crippen LogP) is 7.50.